The molecule has 152 valence electrons. The van der Waals surface area contributed by atoms with Gasteiger partial charge in [-0.2, -0.15) is 0 Å². The maximum atomic E-state index is 6.24. The third-order valence-corrected chi connectivity index (χ3v) is 5.57. The average molecular weight is 495 g/mol. The summed E-state index contributed by atoms with van der Waals surface area (Å²) in [5.74, 6) is 1.39. The lowest BCUT2D eigenvalue weighted by atomic mass is 10.1. The van der Waals surface area contributed by atoms with Gasteiger partial charge < -0.3 is 14.8 Å². The summed E-state index contributed by atoms with van der Waals surface area (Å²) in [5.41, 5.74) is 4.15. The van der Waals surface area contributed by atoms with E-state index in [1.807, 2.05) is 37.3 Å². The van der Waals surface area contributed by atoms with Gasteiger partial charge in [-0.3, -0.25) is 0 Å². The number of benzene rings is 3. The zero-order chi connectivity index (χ0) is 20.8. The standard InChI is InChI=1S/C23H22BrCl2NO2/c1-3-28-22-11-16(13-27-21-12-18(25)8-9-20(21)26)10-19(24)23(22)29-14-17-7-5-4-6-15(17)2/h4-12,27H,3,13-14H2,1-2H3. The Morgan fingerprint density at radius 3 is 2.55 bits per heavy atom. The van der Waals surface area contributed by atoms with Gasteiger partial charge in [0.25, 0.3) is 0 Å². The zero-order valence-corrected chi connectivity index (χ0v) is 19.4. The molecule has 0 aliphatic heterocycles. The summed E-state index contributed by atoms with van der Waals surface area (Å²) >= 11 is 15.9. The third kappa shape index (κ3) is 5.81. The van der Waals surface area contributed by atoms with E-state index in [-0.39, 0.29) is 0 Å². The molecule has 3 aromatic carbocycles. The molecule has 0 saturated heterocycles. The van der Waals surface area contributed by atoms with Crippen molar-refractivity contribution in [3.8, 4) is 11.5 Å². The Labute approximate surface area is 190 Å². The highest BCUT2D eigenvalue weighted by molar-refractivity contribution is 9.10. The van der Waals surface area contributed by atoms with Crippen LogP contribution in [0.3, 0.4) is 0 Å². The molecule has 3 aromatic rings. The molecule has 0 unspecified atom stereocenters. The number of nitrogens with one attached hydrogen (secondary N) is 1. The van der Waals surface area contributed by atoms with Gasteiger partial charge in [0.2, 0.25) is 0 Å². The Hall–Kier alpha value is -1.88. The molecule has 0 atom stereocenters. The van der Waals surface area contributed by atoms with Gasteiger partial charge in [-0.05, 0) is 76.8 Å². The summed E-state index contributed by atoms with van der Waals surface area (Å²) < 4.78 is 12.8. The van der Waals surface area contributed by atoms with Gasteiger partial charge in [-0.15, -0.1) is 0 Å². The number of hydrogen-bond donors (Lipinski definition) is 1. The summed E-state index contributed by atoms with van der Waals surface area (Å²) in [6, 6.07) is 17.5. The van der Waals surface area contributed by atoms with E-state index in [0.717, 1.165) is 21.3 Å². The molecule has 0 radical (unpaired) electrons. The van der Waals surface area contributed by atoms with E-state index < -0.39 is 0 Å². The van der Waals surface area contributed by atoms with Crippen molar-refractivity contribution in [2.45, 2.75) is 27.0 Å². The van der Waals surface area contributed by atoms with E-state index in [4.69, 9.17) is 32.7 Å². The fraction of sp³-hybridized carbons (Fsp3) is 0.217. The quantitative estimate of drug-likeness (QED) is 0.348. The molecule has 29 heavy (non-hydrogen) atoms. The first-order chi connectivity index (χ1) is 14.0. The number of hydrogen-bond acceptors (Lipinski definition) is 3. The molecule has 1 N–H and O–H groups in total. The smallest absolute Gasteiger partial charge is 0.175 e. The second kappa shape index (κ2) is 10.2. The molecule has 3 nitrogen and oxygen atoms in total. The fourth-order valence-corrected chi connectivity index (χ4v) is 3.84. The van der Waals surface area contributed by atoms with E-state index >= 15 is 0 Å². The first kappa shape index (κ1) is 21.8. The summed E-state index contributed by atoms with van der Waals surface area (Å²) in [6.45, 7) is 5.62. The van der Waals surface area contributed by atoms with Crippen LogP contribution in [0.5, 0.6) is 11.5 Å². The van der Waals surface area contributed by atoms with Crippen molar-refractivity contribution in [2.75, 3.05) is 11.9 Å². The van der Waals surface area contributed by atoms with E-state index in [1.165, 1.54) is 5.56 Å². The maximum absolute atomic E-state index is 6.24. The normalized spacial score (nSPS) is 10.7. The Morgan fingerprint density at radius 1 is 1.00 bits per heavy atom. The lowest BCUT2D eigenvalue weighted by Crippen LogP contribution is -2.04. The molecule has 0 aliphatic rings. The Kier molecular flexibility index (Phi) is 7.70. The zero-order valence-electron chi connectivity index (χ0n) is 16.3. The molecule has 0 bridgehead atoms. The largest absolute Gasteiger partial charge is 0.490 e. The van der Waals surface area contributed by atoms with Gasteiger partial charge in [-0.25, -0.2) is 0 Å². The Morgan fingerprint density at radius 2 is 1.79 bits per heavy atom. The Balaban J connectivity index is 1.78. The van der Waals surface area contributed by atoms with Crippen molar-refractivity contribution in [3.63, 3.8) is 0 Å². The highest BCUT2D eigenvalue weighted by atomic mass is 79.9. The van der Waals surface area contributed by atoms with Crippen LogP contribution < -0.4 is 14.8 Å². The molecule has 0 spiro atoms. The van der Waals surface area contributed by atoms with Crippen molar-refractivity contribution in [2.24, 2.45) is 0 Å². The first-order valence-corrected chi connectivity index (χ1v) is 10.8. The second-order valence-corrected chi connectivity index (χ2v) is 8.23. The molecule has 3 rings (SSSR count). The molecule has 6 heteroatoms. The number of halogens is 3. The predicted molar refractivity (Wildman–Crippen MR) is 125 cm³/mol. The molecule has 0 saturated carbocycles. The number of anilines is 1. The highest BCUT2D eigenvalue weighted by Crippen LogP contribution is 2.38. The Bertz CT molecular complexity index is 995. The van der Waals surface area contributed by atoms with Crippen LogP contribution in [0.1, 0.15) is 23.6 Å². The monoisotopic (exact) mass is 493 g/mol. The first-order valence-electron chi connectivity index (χ1n) is 9.29. The lowest BCUT2D eigenvalue weighted by molar-refractivity contribution is 0.267. The van der Waals surface area contributed by atoms with Crippen molar-refractivity contribution >= 4 is 44.8 Å². The van der Waals surface area contributed by atoms with Crippen LogP contribution in [-0.2, 0) is 13.2 Å². The van der Waals surface area contributed by atoms with Crippen molar-refractivity contribution < 1.29 is 9.47 Å². The molecular formula is C23H22BrCl2NO2. The van der Waals surface area contributed by atoms with Gasteiger partial charge in [-0.1, -0.05) is 47.5 Å². The summed E-state index contributed by atoms with van der Waals surface area (Å²) in [6.07, 6.45) is 0. The van der Waals surface area contributed by atoms with Gasteiger partial charge >= 0.3 is 0 Å². The van der Waals surface area contributed by atoms with Crippen LogP contribution in [0, 0.1) is 6.92 Å². The average Bonchev–Trinajstić information content (AvgIpc) is 2.69. The molecular weight excluding hydrogens is 473 g/mol. The van der Waals surface area contributed by atoms with Crippen LogP contribution in [0.2, 0.25) is 10.0 Å². The van der Waals surface area contributed by atoms with E-state index in [2.05, 4.69) is 40.3 Å². The number of ether oxygens (including phenoxy) is 2. The minimum atomic E-state index is 0.473. The maximum Gasteiger partial charge on any atom is 0.175 e. The summed E-state index contributed by atoms with van der Waals surface area (Å²) in [4.78, 5) is 0. The molecule has 0 fully saturated rings. The van der Waals surface area contributed by atoms with Crippen LogP contribution in [0.25, 0.3) is 0 Å². The van der Waals surface area contributed by atoms with Crippen LogP contribution in [0.15, 0.2) is 59.1 Å². The van der Waals surface area contributed by atoms with Crippen molar-refractivity contribution in [1.82, 2.24) is 0 Å². The number of aryl methyl sites for hydroxylation is 1. The van der Waals surface area contributed by atoms with E-state index in [1.54, 1.807) is 12.1 Å². The SMILES string of the molecule is CCOc1cc(CNc2cc(Cl)ccc2Cl)cc(Br)c1OCc1ccccc1C. The molecule has 0 amide bonds. The summed E-state index contributed by atoms with van der Waals surface area (Å²) in [7, 11) is 0. The van der Waals surface area contributed by atoms with Gasteiger partial charge in [0.1, 0.15) is 6.61 Å². The van der Waals surface area contributed by atoms with Gasteiger partial charge in [0.05, 0.1) is 21.8 Å². The van der Waals surface area contributed by atoms with Crippen LogP contribution in [-0.4, -0.2) is 6.61 Å². The fourth-order valence-electron chi connectivity index (χ4n) is 2.88. The van der Waals surface area contributed by atoms with Gasteiger partial charge in [0.15, 0.2) is 11.5 Å². The van der Waals surface area contributed by atoms with E-state index in [9.17, 15) is 0 Å². The molecule has 0 aliphatic carbocycles. The minimum Gasteiger partial charge on any atom is -0.490 e. The topological polar surface area (TPSA) is 30.5 Å². The van der Waals surface area contributed by atoms with Crippen molar-refractivity contribution in [1.29, 1.82) is 0 Å². The predicted octanol–water partition coefficient (Wildman–Crippen LogP) is 7.65. The molecule has 0 aromatic heterocycles. The lowest BCUT2D eigenvalue weighted by Gasteiger charge is -2.17. The van der Waals surface area contributed by atoms with Gasteiger partial charge in [0, 0.05) is 11.6 Å². The second-order valence-electron chi connectivity index (χ2n) is 6.53. The molecule has 0 heterocycles. The number of rotatable bonds is 8. The summed E-state index contributed by atoms with van der Waals surface area (Å²) in [5, 5.41) is 4.57. The highest BCUT2D eigenvalue weighted by Gasteiger charge is 2.13. The van der Waals surface area contributed by atoms with E-state index in [0.29, 0.717) is 41.3 Å². The van der Waals surface area contributed by atoms with Crippen molar-refractivity contribution in [3.05, 3.63) is 85.8 Å². The van der Waals surface area contributed by atoms with Crippen LogP contribution >= 0.6 is 39.1 Å². The third-order valence-electron chi connectivity index (χ3n) is 4.41. The minimum absolute atomic E-state index is 0.473. The van der Waals surface area contributed by atoms with Crippen LogP contribution in [0.4, 0.5) is 5.69 Å².